The van der Waals surface area contributed by atoms with Crippen LogP contribution in [0.3, 0.4) is 0 Å². The molecular weight excluding hydrogens is 282 g/mol. The van der Waals surface area contributed by atoms with E-state index in [1.165, 1.54) is 6.42 Å². The number of likely N-dealkylation sites (tertiary alicyclic amines) is 1. The van der Waals surface area contributed by atoms with Crippen molar-refractivity contribution < 1.29 is 14.3 Å². The zero-order valence-electron chi connectivity index (χ0n) is 13.8. The number of carbonyl (C=O) groups is 2. The van der Waals surface area contributed by atoms with Gasteiger partial charge in [-0.25, -0.2) is 9.59 Å². The number of ether oxygens (including phenoxy) is 1. The van der Waals surface area contributed by atoms with Crippen molar-refractivity contribution in [3.63, 3.8) is 0 Å². The van der Waals surface area contributed by atoms with Crippen molar-refractivity contribution in [3.05, 3.63) is 11.3 Å². The number of amides is 2. The van der Waals surface area contributed by atoms with Crippen LogP contribution >= 0.6 is 0 Å². The van der Waals surface area contributed by atoms with Gasteiger partial charge in [0.25, 0.3) is 0 Å². The number of hydrogen-bond acceptors (Lipinski definition) is 4. The average Bonchev–Trinajstić information content (AvgIpc) is 2.46. The highest BCUT2D eigenvalue weighted by Gasteiger charge is 2.32. The summed E-state index contributed by atoms with van der Waals surface area (Å²) in [5, 5.41) is 5.62. The Kier molecular flexibility index (Phi) is 5.83. The zero-order chi connectivity index (χ0) is 16.1. The minimum atomic E-state index is -0.332. The predicted octanol–water partition coefficient (Wildman–Crippen LogP) is 1.63. The Morgan fingerprint density at radius 3 is 2.82 bits per heavy atom. The molecule has 6 heteroatoms. The van der Waals surface area contributed by atoms with Crippen LogP contribution < -0.4 is 10.6 Å². The predicted molar refractivity (Wildman–Crippen MR) is 84.2 cm³/mol. The molecular formula is C16H27N3O3. The van der Waals surface area contributed by atoms with E-state index in [1.807, 2.05) is 6.92 Å². The first-order valence-electron chi connectivity index (χ1n) is 8.25. The lowest BCUT2D eigenvalue weighted by molar-refractivity contribution is -0.139. The molecule has 0 aromatic carbocycles. The van der Waals surface area contributed by atoms with Gasteiger partial charge in [0.2, 0.25) is 0 Å². The van der Waals surface area contributed by atoms with E-state index < -0.39 is 0 Å². The first-order valence-corrected chi connectivity index (χ1v) is 8.25. The molecule has 0 bridgehead atoms. The highest BCUT2D eigenvalue weighted by Crippen LogP contribution is 2.21. The van der Waals surface area contributed by atoms with Crippen molar-refractivity contribution in [2.24, 2.45) is 5.92 Å². The molecule has 1 fully saturated rings. The maximum atomic E-state index is 12.3. The minimum Gasteiger partial charge on any atom is -0.463 e. The van der Waals surface area contributed by atoms with E-state index in [2.05, 4.69) is 22.5 Å². The van der Waals surface area contributed by atoms with Crippen LogP contribution in [0.4, 0.5) is 4.79 Å². The molecule has 0 radical (unpaired) electrons. The molecule has 2 aliphatic rings. The summed E-state index contributed by atoms with van der Waals surface area (Å²) in [4.78, 5) is 26.5. The van der Waals surface area contributed by atoms with Gasteiger partial charge in [-0.3, -0.25) is 4.90 Å². The van der Waals surface area contributed by atoms with E-state index in [1.54, 1.807) is 6.92 Å². The van der Waals surface area contributed by atoms with E-state index in [4.69, 9.17) is 4.74 Å². The summed E-state index contributed by atoms with van der Waals surface area (Å²) < 4.78 is 5.18. The zero-order valence-corrected chi connectivity index (χ0v) is 13.8. The Hall–Kier alpha value is -1.56. The monoisotopic (exact) mass is 309 g/mol. The number of rotatable bonds is 5. The smallest absolute Gasteiger partial charge is 0.337 e. The van der Waals surface area contributed by atoms with Crippen LogP contribution in [-0.2, 0) is 9.53 Å². The largest absolute Gasteiger partial charge is 0.463 e. The van der Waals surface area contributed by atoms with Gasteiger partial charge < -0.3 is 15.4 Å². The van der Waals surface area contributed by atoms with Gasteiger partial charge in [-0.1, -0.05) is 13.8 Å². The molecule has 0 aliphatic carbocycles. The highest BCUT2D eigenvalue weighted by atomic mass is 16.5. The number of piperidine rings is 1. The Morgan fingerprint density at radius 1 is 1.41 bits per heavy atom. The number of carbonyl (C=O) groups excluding carboxylic acids is 2. The summed E-state index contributed by atoms with van der Waals surface area (Å²) in [6.45, 7) is 8.92. The molecule has 0 spiro atoms. The summed E-state index contributed by atoms with van der Waals surface area (Å²) in [7, 11) is 0. The fourth-order valence-corrected chi connectivity index (χ4v) is 3.24. The number of nitrogens with zero attached hydrogens (tertiary/aromatic N) is 1. The number of hydrogen-bond donors (Lipinski definition) is 2. The second-order valence-corrected chi connectivity index (χ2v) is 6.15. The SMILES string of the molecule is CCOC(=O)C1=C(CN2CCC[C@H](C)C2)NC(=O)N[C@H]1CC. The third-order valence-corrected chi connectivity index (χ3v) is 4.27. The first-order chi connectivity index (χ1) is 10.5. The molecule has 2 aliphatic heterocycles. The maximum absolute atomic E-state index is 12.3. The van der Waals surface area contributed by atoms with E-state index in [9.17, 15) is 9.59 Å². The standard InChI is InChI=1S/C16H27N3O3/c1-4-12-14(15(20)22-5-2)13(18-16(21)17-12)10-19-8-6-7-11(3)9-19/h11-12H,4-10H2,1-3H3,(H2,17,18,21)/t11-,12-/m0/s1. The fourth-order valence-electron chi connectivity index (χ4n) is 3.24. The molecule has 2 N–H and O–H groups in total. The molecule has 2 rings (SSSR count). The summed E-state index contributed by atoms with van der Waals surface area (Å²) in [5.74, 6) is 0.321. The Balaban J connectivity index is 2.22. The summed E-state index contributed by atoms with van der Waals surface area (Å²) in [5.41, 5.74) is 1.27. The molecule has 0 saturated carbocycles. The highest BCUT2D eigenvalue weighted by molar-refractivity contribution is 5.94. The third kappa shape index (κ3) is 4.00. The van der Waals surface area contributed by atoms with Crippen LogP contribution in [0.15, 0.2) is 11.3 Å². The van der Waals surface area contributed by atoms with E-state index in [0.717, 1.165) is 19.5 Å². The van der Waals surface area contributed by atoms with E-state index in [-0.39, 0.29) is 18.0 Å². The third-order valence-electron chi connectivity index (χ3n) is 4.27. The van der Waals surface area contributed by atoms with Gasteiger partial charge in [0.1, 0.15) is 0 Å². The van der Waals surface area contributed by atoms with Crippen LogP contribution in [0.2, 0.25) is 0 Å². The molecule has 0 unspecified atom stereocenters. The molecule has 2 heterocycles. The summed E-state index contributed by atoms with van der Waals surface area (Å²) in [6, 6.07) is -0.509. The second kappa shape index (κ2) is 7.63. The fraction of sp³-hybridized carbons (Fsp3) is 0.750. The molecule has 2 amide bonds. The Labute approximate surface area is 132 Å². The first kappa shape index (κ1) is 16.8. The Bertz CT molecular complexity index is 462. The Morgan fingerprint density at radius 2 is 2.18 bits per heavy atom. The summed E-state index contributed by atoms with van der Waals surface area (Å²) >= 11 is 0. The van der Waals surface area contributed by atoms with Crippen molar-refractivity contribution >= 4 is 12.0 Å². The van der Waals surface area contributed by atoms with Crippen molar-refractivity contribution in [2.45, 2.75) is 46.1 Å². The topological polar surface area (TPSA) is 70.7 Å². The van der Waals surface area contributed by atoms with Gasteiger partial charge in [0.15, 0.2) is 0 Å². The van der Waals surface area contributed by atoms with Gasteiger partial charge in [0, 0.05) is 18.8 Å². The van der Waals surface area contributed by atoms with E-state index in [0.29, 0.717) is 36.8 Å². The quantitative estimate of drug-likeness (QED) is 0.757. The van der Waals surface area contributed by atoms with E-state index >= 15 is 0 Å². The molecule has 22 heavy (non-hydrogen) atoms. The van der Waals surface area contributed by atoms with Gasteiger partial charge >= 0.3 is 12.0 Å². The molecule has 6 nitrogen and oxygen atoms in total. The van der Waals surface area contributed by atoms with Crippen molar-refractivity contribution in [3.8, 4) is 0 Å². The summed E-state index contributed by atoms with van der Waals surface area (Å²) in [6.07, 6.45) is 3.07. The minimum absolute atomic E-state index is 0.236. The van der Waals surface area contributed by atoms with Crippen molar-refractivity contribution in [1.29, 1.82) is 0 Å². The van der Waals surface area contributed by atoms with Crippen LogP contribution in [0, 0.1) is 5.92 Å². The van der Waals surface area contributed by atoms with Crippen LogP contribution in [0.25, 0.3) is 0 Å². The average molecular weight is 309 g/mol. The van der Waals surface area contributed by atoms with Gasteiger partial charge in [-0.15, -0.1) is 0 Å². The van der Waals surface area contributed by atoms with Gasteiger partial charge in [-0.05, 0) is 38.6 Å². The molecule has 1 saturated heterocycles. The van der Waals surface area contributed by atoms with Crippen molar-refractivity contribution in [1.82, 2.24) is 15.5 Å². The second-order valence-electron chi connectivity index (χ2n) is 6.15. The maximum Gasteiger partial charge on any atom is 0.337 e. The lowest BCUT2D eigenvalue weighted by Gasteiger charge is -2.34. The van der Waals surface area contributed by atoms with Crippen LogP contribution in [0.5, 0.6) is 0 Å². The molecule has 124 valence electrons. The molecule has 2 atom stereocenters. The van der Waals surface area contributed by atoms with Crippen molar-refractivity contribution in [2.75, 3.05) is 26.2 Å². The number of urea groups is 1. The lowest BCUT2D eigenvalue weighted by atomic mass is 9.97. The van der Waals surface area contributed by atoms with Gasteiger partial charge in [-0.2, -0.15) is 0 Å². The van der Waals surface area contributed by atoms with Crippen LogP contribution in [0.1, 0.15) is 40.0 Å². The van der Waals surface area contributed by atoms with Gasteiger partial charge in [0.05, 0.1) is 18.2 Å². The number of esters is 1. The number of nitrogens with one attached hydrogen (secondary N) is 2. The normalized spacial score (nSPS) is 26.4. The molecule has 0 aromatic heterocycles. The lowest BCUT2D eigenvalue weighted by Crippen LogP contribution is -2.52. The van der Waals surface area contributed by atoms with Crippen LogP contribution in [-0.4, -0.2) is 49.2 Å². The molecule has 0 aromatic rings.